The summed E-state index contributed by atoms with van der Waals surface area (Å²) < 4.78 is 10.8. The van der Waals surface area contributed by atoms with Crippen LogP contribution in [0, 0.1) is 6.92 Å². The zero-order valence-corrected chi connectivity index (χ0v) is 13.2. The van der Waals surface area contributed by atoms with Crippen LogP contribution in [0.25, 0.3) is 11.5 Å². The fourth-order valence-corrected chi connectivity index (χ4v) is 2.29. The van der Waals surface area contributed by atoms with E-state index in [1.54, 1.807) is 7.11 Å². The lowest BCUT2D eigenvalue weighted by Crippen LogP contribution is -2.13. The molecule has 1 heterocycles. The van der Waals surface area contributed by atoms with Crippen molar-refractivity contribution in [3.63, 3.8) is 0 Å². The average Bonchev–Trinajstić information content (AvgIpc) is 3.06. The highest BCUT2D eigenvalue weighted by Crippen LogP contribution is 2.21. The number of benzene rings is 2. The van der Waals surface area contributed by atoms with Gasteiger partial charge in [-0.3, -0.25) is 0 Å². The van der Waals surface area contributed by atoms with Crippen LogP contribution in [0.3, 0.4) is 0 Å². The first-order valence-electron chi connectivity index (χ1n) is 7.48. The monoisotopic (exact) mass is 309 g/mol. The van der Waals surface area contributed by atoms with E-state index in [2.05, 4.69) is 34.6 Å². The van der Waals surface area contributed by atoms with Crippen molar-refractivity contribution < 1.29 is 9.15 Å². The van der Waals surface area contributed by atoms with Gasteiger partial charge in [-0.05, 0) is 42.3 Å². The second-order valence-electron chi connectivity index (χ2n) is 5.26. The number of methoxy groups -OCH3 is 1. The van der Waals surface area contributed by atoms with Crippen LogP contribution < -0.4 is 10.1 Å². The molecule has 0 saturated carbocycles. The van der Waals surface area contributed by atoms with Gasteiger partial charge in [0.2, 0.25) is 11.8 Å². The van der Waals surface area contributed by atoms with E-state index in [1.807, 2.05) is 36.4 Å². The minimum Gasteiger partial charge on any atom is -0.497 e. The van der Waals surface area contributed by atoms with E-state index in [0.29, 0.717) is 18.3 Å². The number of hydrogen-bond donors (Lipinski definition) is 1. The molecule has 2 aromatic carbocycles. The molecule has 23 heavy (non-hydrogen) atoms. The number of aryl methyl sites for hydroxylation is 1. The van der Waals surface area contributed by atoms with Gasteiger partial charge in [0.15, 0.2) is 0 Å². The summed E-state index contributed by atoms with van der Waals surface area (Å²) in [5.41, 5.74) is 3.41. The molecule has 0 aliphatic rings. The van der Waals surface area contributed by atoms with Crippen molar-refractivity contribution in [1.82, 2.24) is 15.5 Å². The summed E-state index contributed by atoms with van der Waals surface area (Å²) in [5.74, 6) is 1.89. The molecule has 0 radical (unpaired) electrons. The topological polar surface area (TPSA) is 60.2 Å². The smallest absolute Gasteiger partial charge is 0.247 e. The van der Waals surface area contributed by atoms with Gasteiger partial charge in [0.05, 0.1) is 13.7 Å². The van der Waals surface area contributed by atoms with E-state index in [-0.39, 0.29) is 0 Å². The molecular formula is C18H19N3O2. The predicted octanol–water partition coefficient (Wildman–Crippen LogP) is 3.34. The first-order valence-corrected chi connectivity index (χ1v) is 7.48. The summed E-state index contributed by atoms with van der Waals surface area (Å²) >= 11 is 0. The summed E-state index contributed by atoms with van der Waals surface area (Å²) in [4.78, 5) is 0. The molecular weight excluding hydrogens is 290 g/mol. The van der Waals surface area contributed by atoms with Crippen molar-refractivity contribution in [1.29, 1.82) is 0 Å². The van der Waals surface area contributed by atoms with Gasteiger partial charge in [0.25, 0.3) is 0 Å². The normalized spacial score (nSPS) is 10.7. The molecule has 5 nitrogen and oxygen atoms in total. The van der Waals surface area contributed by atoms with Crippen molar-refractivity contribution in [3.05, 3.63) is 65.5 Å². The number of nitrogens with zero attached hydrogens (tertiary/aromatic N) is 2. The Hall–Kier alpha value is -2.66. The van der Waals surface area contributed by atoms with Gasteiger partial charge in [-0.2, -0.15) is 0 Å². The quantitative estimate of drug-likeness (QED) is 0.756. The lowest BCUT2D eigenvalue weighted by atomic mass is 10.1. The largest absolute Gasteiger partial charge is 0.497 e. The number of ether oxygens (including phenoxy) is 1. The molecule has 0 unspecified atom stereocenters. The standard InChI is InChI=1S/C18H19N3O2/c1-13-5-3-4-6-15(13)11-19-12-17-20-21-18(23-17)14-7-9-16(22-2)10-8-14/h3-10,19H,11-12H2,1-2H3. The maximum absolute atomic E-state index is 5.69. The van der Waals surface area contributed by atoms with E-state index in [9.17, 15) is 0 Å². The van der Waals surface area contributed by atoms with E-state index in [4.69, 9.17) is 9.15 Å². The number of hydrogen-bond acceptors (Lipinski definition) is 5. The summed E-state index contributed by atoms with van der Waals surface area (Å²) in [6.07, 6.45) is 0. The second-order valence-corrected chi connectivity index (χ2v) is 5.26. The summed E-state index contributed by atoms with van der Waals surface area (Å²) in [6.45, 7) is 3.41. The average molecular weight is 309 g/mol. The molecule has 0 aliphatic heterocycles. The molecule has 0 amide bonds. The van der Waals surface area contributed by atoms with Crippen molar-refractivity contribution >= 4 is 0 Å². The van der Waals surface area contributed by atoms with Gasteiger partial charge >= 0.3 is 0 Å². The predicted molar refractivity (Wildman–Crippen MR) is 88.0 cm³/mol. The molecule has 1 aromatic heterocycles. The number of nitrogens with one attached hydrogen (secondary N) is 1. The Bertz CT molecular complexity index is 766. The highest BCUT2D eigenvalue weighted by atomic mass is 16.5. The molecule has 0 bridgehead atoms. The Morgan fingerprint density at radius 2 is 1.78 bits per heavy atom. The fourth-order valence-electron chi connectivity index (χ4n) is 2.29. The van der Waals surface area contributed by atoms with Gasteiger partial charge in [-0.15, -0.1) is 10.2 Å². The van der Waals surface area contributed by atoms with Gasteiger partial charge in [-0.1, -0.05) is 24.3 Å². The Morgan fingerprint density at radius 1 is 1.00 bits per heavy atom. The molecule has 0 spiro atoms. The third-order valence-corrected chi connectivity index (χ3v) is 3.66. The molecule has 0 fully saturated rings. The van der Waals surface area contributed by atoms with E-state index < -0.39 is 0 Å². The van der Waals surface area contributed by atoms with Gasteiger partial charge < -0.3 is 14.5 Å². The third kappa shape index (κ3) is 3.76. The van der Waals surface area contributed by atoms with Crippen LogP contribution in [0.15, 0.2) is 52.9 Å². The SMILES string of the molecule is COc1ccc(-c2nnc(CNCc3ccccc3C)o2)cc1. The second kappa shape index (κ2) is 7.07. The van der Waals surface area contributed by atoms with E-state index >= 15 is 0 Å². The molecule has 0 atom stereocenters. The van der Waals surface area contributed by atoms with E-state index in [1.165, 1.54) is 11.1 Å². The van der Waals surface area contributed by atoms with E-state index in [0.717, 1.165) is 17.9 Å². The molecule has 3 rings (SSSR count). The summed E-state index contributed by atoms with van der Waals surface area (Å²) in [7, 11) is 1.64. The summed E-state index contributed by atoms with van der Waals surface area (Å²) in [5, 5.41) is 11.5. The molecule has 3 aromatic rings. The third-order valence-electron chi connectivity index (χ3n) is 3.66. The number of rotatable bonds is 6. The fraction of sp³-hybridized carbons (Fsp3) is 0.222. The van der Waals surface area contributed by atoms with Crippen molar-refractivity contribution in [2.45, 2.75) is 20.0 Å². The van der Waals surface area contributed by atoms with Crippen molar-refractivity contribution in [2.24, 2.45) is 0 Å². The van der Waals surface area contributed by atoms with Crippen LogP contribution in [0.5, 0.6) is 5.75 Å². The van der Waals surface area contributed by atoms with Gasteiger partial charge in [0, 0.05) is 12.1 Å². The Labute approximate surface area is 135 Å². The van der Waals surface area contributed by atoms with Gasteiger partial charge in [-0.25, -0.2) is 0 Å². The molecule has 0 saturated heterocycles. The first kappa shape index (κ1) is 15.2. The molecule has 1 N–H and O–H groups in total. The lowest BCUT2D eigenvalue weighted by molar-refractivity contribution is 0.415. The zero-order valence-electron chi connectivity index (χ0n) is 13.2. The highest BCUT2D eigenvalue weighted by molar-refractivity contribution is 5.53. The van der Waals surface area contributed by atoms with Crippen LogP contribution in [-0.2, 0) is 13.1 Å². The van der Waals surface area contributed by atoms with Gasteiger partial charge in [0.1, 0.15) is 5.75 Å². The first-order chi connectivity index (χ1) is 11.3. The number of aromatic nitrogens is 2. The van der Waals surface area contributed by atoms with Crippen molar-refractivity contribution in [2.75, 3.05) is 7.11 Å². The van der Waals surface area contributed by atoms with Crippen LogP contribution in [0.4, 0.5) is 0 Å². The lowest BCUT2D eigenvalue weighted by Gasteiger charge is -2.05. The summed E-state index contributed by atoms with van der Waals surface area (Å²) in [6, 6.07) is 15.8. The zero-order chi connectivity index (χ0) is 16.1. The molecule has 5 heteroatoms. The highest BCUT2D eigenvalue weighted by Gasteiger charge is 2.08. The Morgan fingerprint density at radius 3 is 2.52 bits per heavy atom. The van der Waals surface area contributed by atoms with Crippen molar-refractivity contribution in [3.8, 4) is 17.2 Å². The van der Waals surface area contributed by atoms with Crippen LogP contribution >= 0.6 is 0 Å². The molecule has 118 valence electrons. The molecule has 0 aliphatic carbocycles. The maximum Gasteiger partial charge on any atom is 0.247 e. The Balaban J connectivity index is 1.60. The Kier molecular flexibility index (Phi) is 4.68. The maximum atomic E-state index is 5.69. The van der Waals surface area contributed by atoms with Crippen LogP contribution in [0.2, 0.25) is 0 Å². The minimum atomic E-state index is 0.514. The van der Waals surface area contributed by atoms with Crippen LogP contribution in [0.1, 0.15) is 17.0 Å². The minimum absolute atomic E-state index is 0.514. The van der Waals surface area contributed by atoms with Crippen LogP contribution in [-0.4, -0.2) is 17.3 Å².